The molecule has 0 radical (unpaired) electrons. The second-order valence-electron chi connectivity index (χ2n) is 5.26. The van der Waals surface area contributed by atoms with Gasteiger partial charge >= 0.3 is 0 Å². The number of benzene rings is 1. The van der Waals surface area contributed by atoms with E-state index in [1.165, 1.54) is 11.1 Å². The highest BCUT2D eigenvalue weighted by Gasteiger charge is 2.27. The van der Waals surface area contributed by atoms with Crippen LogP contribution in [0.4, 0.5) is 0 Å². The van der Waals surface area contributed by atoms with Gasteiger partial charge in [0.05, 0.1) is 6.10 Å². The third-order valence-electron chi connectivity index (χ3n) is 3.99. The lowest BCUT2D eigenvalue weighted by Crippen LogP contribution is -2.34. The average molecular weight is 232 g/mol. The third-order valence-corrected chi connectivity index (χ3v) is 3.99. The summed E-state index contributed by atoms with van der Waals surface area (Å²) >= 11 is 0. The number of rotatable bonds is 3. The number of fused-ring (bicyclic) bond motifs is 1. The Labute approximate surface area is 102 Å². The molecule has 0 saturated carbocycles. The summed E-state index contributed by atoms with van der Waals surface area (Å²) in [6.07, 6.45) is 0.932. The second kappa shape index (κ2) is 4.77. The van der Waals surface area contributed by atoms with E-state index in [0.29, 0.717) is 5.92 Å². The van der Waals surface area contributed by atoms with E-state index in [1.807, 2.05) is 0 Å². The summed E-state index contributed by atoms with van der Waals surface area (Å²) in [5, 5.41) is 13.5. The zero-order valence-electron chi connectivity index (χ0n) is 10.1. The molecule has 2 atom stereocenters. The molecule has 0 amide bonds. The summed E-state index contributed by atoms with van der Waals surface area (Å²) in [6.45, 7) is 4.83. The lowest BCUT2D eigenvalue weighted by atomic mass is 10.0. The minimum absolute atomic E-state index is 0.181. The van der Waals surface area contributed by atoms with Gasteiger partial charge in [0, 0.05) is 26.2 Å². The van der Waals surface area contributed by atoms with Gasteiger partial charge in [0.1, 0.15) is 0 Å². The van der Waals surface area contributed by atoms with E-state index in [4.69, 9.17) is 0 Å². The molecule has 2 aliphatic heterocycles. The zero-order valence-corrected chi connectivity index (χ0v) is 10.1. The molecule has 2 unspecified atom stereocenters. The third kappa shape index (κ3) is 2.37. The van der Waals surface area contributed by atoms with Gasteiger partial charge in [0.15, 0.2) is 0 Å². The molecule has 0 aromatic heterocycles. The fraction of sp³-hybridized carbons (Fsp3) is 0.571. The van der Waals surface area contributed by atoms with Crippen molar-refractivity contribution < 1.29 is 5.11 Å². The Hall–Kier alpha value is -0.900. The lowest BCUT2D eigenvalue weighted by molar-refractivity contribution is 0.0693. The maximum Gasteiger partial charge on any atom is 0.0708 e. The smallest absolute Gasteiger partial charge is 0.0708 e. The summed E-state index contributed by atoms with van der Waals surface area (Å²) in [4.78, 5) is 2.35. The van der Waals surface area contributed by atoms with Crippen molar-refractivity contribution in [3.8, 4) is 0 Å². The Morgan fingerprint density at radius 1 is 1.29 bits per heavy atom. The van der Waals surface area contributed by atoms with Crippen molar-refractivity contribution in [3.63, 3.8) is 0 Å². The van der Waals surface area contributed by atoms with Crippen molar-refractivity contribution in [3.05, 3.63) is 35.4 Å². The molecule has 0 spiro atoms. The summed E-state index contributed by atoms with van der Waals surface area (Å²) < 4.78 is 0. The highest BCUT2D eigenvalue weighted by atomic mass is 16.3. The Bertz CT molecular complexity index is 363. The molecular formula is C14H20N2O. The maximum atomic E-state index is 10.2. The zero-order chi connectivity index (χ0) is 11.7. The van der Waals surface area contributed by atoms with Crippen molar-refractivity contribution in [1.82, 2.24) is 10.2 Å². The van der Waals surface area contributed by atoms with Crippen molar-refractivity contribution in [1.29, 1.82) is 0 Å². The topological polar surface area (TPSA) is 35.5 Å². The lowest BCUT2D eigenvalue weighted by Gasteiger charge is -2.23. The molecule has 2 N–H and O–H groups in total. The first-order chi connectivity index (χ1) is 8.33. The predicted molar refractivity (Wildman–Crippen MR) is 67.5 cm³/mol. The van der Waals surface area contributed by atoms with Crippen LogP contribution in [0.15, 0.2) is 24.3 Å². The molecule has 3 rings (SSSR count). The molecule has 1 aromatic rings. The number of β-amino-alcohol motifs (C(OH)–C–C–N with tert-alkyl or cyclic N) is 1. The van der Waals surface area contributed by atoms with E-state index in [-0.39, 0.29) is 6.10 Å². The molecule has 17 heavy (non-hydrogen) atoms. The van der Waals surface area contributed by atoms with Crippen LogP contribution in [0.1, 0.15) is 17.5 Å². The largest absolute Gasteiger partial charge is 0.391 e. The highest BCUT2D eigenvalue weighted by molar-refractivity contribution is 5.30. The van der Waals surface area contributed by atoms with Crippen LogP contribution in [-0.2, 0) is 13.1 Å². The summed E-state index contributed by atoms with van der Waals surface area (Å²) in [6, 6.07) is 8.58. The maximum absolute atomic E-state index is 10.2. The first kappa shape index (κ1) is 11.2. The summed E-state index contributed by atoms with van der Waals surface area (Å²) in [7, 11) is 0. The fourth-order valence-electron chi connectivity index (χ4n) is 2.95. The molecule has 1 aromatic carbocycles. The predicted octanol–water partition coefficient (Wildman–Crippen LogP) is 0.973. The van der Waals surface area contributed by atoms with Crippen LogP contribution in [-0.4, -0.2) is 35.7 Å². The minimum Gasteiger partial charge on any atom is -0.391 e. The van der Waals surface area contributed by atoms with E-state index >= 15 is 0 Å². The van der Waals surface area contributed by atoms with Gasteiger partial charge in [0.2, 0.25) is 0 Å². The van der Waals surface area contributed by atoms with Gasteiger partial charge in [-0.1, -0.05) is 24.3 Å². The number of aliphatic hydroxyl groups excluding tert-OH is 1. The summed E-state index contributed by atoms with van der Waals surface area (Å²) in [5.74, 6) is 0.443. The van der Waals surface area contributed by atoms with Gasteiger partial charge in [-0.2, -0.15) is 0 Å². The van der Waals surface area contributed by atoms with Crippen molar-refractivity contribution in [2.24, 2.45) is 5.92 Å². The molecule has 1 saturated heterocycles. The minimum atomic E-state index is -0.181. The van der Waals surface area contributed by atoms with Crippen LogP contribution in [0.25, 0.3) is 0 Å². The SMILES string of the molecule is OC(CN1Cc2ccccc2C1)C1CCNC1. The number of nitrogens with zero attached hydrogens (tertiary/aromatic N) is 1. The molecule has 2 aliphatic rings. The second-order valence-corrected chi connectivity index (χ2v) is 5.26. The number of hydrogen-bond acceptors (Lipinski definition) is 3. The summed E-state index contributed by atoms with van der Waals surface area (Å²) in [5.41, 5.74) is 2.84. The van der Waals surface area contributed by atoms with Gasteiger partial charge < -0.3 is 10.4 Å². The van der Waals surface area contributed by atoms with Gasteiger partial charge in [-0.3, -0.25) is 4.90 Å². The Balaban J connectivity index is 1.58. The molecule has 2 heterocycles. The van der Waals surface area contributed by atoms with E-state index in [2.05, 4.69) is 34.5 Å². The number of nitrogens with one attached hydrogen (secondary N) is 1. The van der Waals surface area contributed by atoms with Gasteiger partial charge in [0.25, 0.3) is 0 Å². The van der Waals surface area contributed by atoms with Crippen molar-refractivity contribution in [2.75, 3.05) is 19.6 Å². The highest BCUT2D eigenvalue weighted by Crippen LogP contribution is 2.23. The van der Waals surface area contributed by atoms with E-state index in [1.54, 1.807) is 0 Å². The Kier molecular flexibility index (Phi) is 3.14. The van der Waals surface area contributed by atoms with E-state index < -0.39 is 0 Å². The monoisotopic (exact) mass is 232 g/mol. The van der Waals surface area contributed by atoms with Crippen LogP contribution < -0.4 is 5.32 Å². The quantitative estimate of drug-likeness (QED) is 0.815. The van der Waals surface area contributed by atoms with Gasteiger partial charge in [-0.05, 0) is 30.0 Å². The fourth-order valence-corrected chi connectivity index (χ4v) is 2.95. The Morgan fingerprint density at radius 2 is 2.00 bits per heavy atom. The van der Waals surface area contributed by atoms with Gasteiger partial charge in [-0.15, -0.1) is 0 Å². The van der Waals surface area contributed by atoms with Gasteiger partial charge in [-0.25, -0.2) is 0 Å². The molecule has 0 bridgehead atoms. The average Bonchev–Trinajstić information content (AvgIpc) is 2.97. The van der Waals surface area contributed by atoms with Crippen LogP contribution in [0.3, 0.4) is 0 Å². The number of hydrogen-bond donors (Lipinski definition) is 2. The molecule has 92 valence electrons. The Morgan fingerprint density at radius 3 is 2.59 bits per heavy atom. The van der Waals surface area contributed by atoms with E-state index in [0.717, 1.165) is 39.1 Å². The first-order valence-electron chi connectivity index (χ1n) is 6.51. The van der Waals surface area contributed by atoms with E-state index in [9.17, 15) is 5.11 Å². The molecule has 3 nitrogen and oxygen atoms in total. The van der Waals surface area contributed by atoms with Crippen LogP contribution >= 0.6 is 0 Å². The molecule has 0 aliphatic carbocycles. The molecular weight excluding hydrogens is 212 g/mol. The molecule has 3 heteroatoms. The van der Waals surface area contributed by atoms with Crippen LogP contribution in [0.5, 0.6) is 0 Å². The normalized spacial score (nSPS) is 26.1. The van der Waals surface area contributed by atoms with Crippen LogP contribution in [0, 0.1) is 5.92 Å². The standard InChI is InChI=1S/C14H20N2O/c17-14(11-5-6-15-7-11)10-16-8-12-3-1-2-4-13(12)9-16/h1-4,11,14-15,17H,5-10H2. The van der Waals surface area contributed by atoms with Crippen molar-refractivity contribution >= 4 is 0 Å². The van der Waals surface area contributed by atoms with Crippen molar-refractivity contribution in [2.45, 2.75) is 25.6 Å². The number of aliphatic hydroxyl groups is 1. The first-order valence-corrected chi connectivity index (χ1v) is 6.51. The van der Waals surface area contributed by atoms with Crippen LogP contribution in [0.2, 0.25) is 0 Å². The molecule has 1 fully saturated rings.